The first-order valence-electron chi connectivity index (χ1n) is 18.6. The number of hydrogen-bond donors (Lipinski definition) is 1. The molecule has 3 aliphatic carbocycles. The van der Waals surface area contributed by atoms with Gasteiger partial charge in [0, 0.05) is 22.1 Å². The van der Waals surface area contributed by atoms with Gasteiger partial charge in [-0.3, -0.25) is 4.18 Å². The van der Waals surface area contributed by atoms with Gasteiger partial charge in [-0.05, 0) is 98.3 Å². The second-order valence-corrected chi connectivity index (χ2v) is 24.5. The average molecular weight is 745 g/mol. The van der Waals surface area contributed by atoms with Gasteiger partial charge < -0.3 is 5.32 Å². The van der Waals surface area contributed by atoms with Crippen molar-refractivity contribution in [2.45, 2.75) is 102 Å². The van der Waals surface area contributed by atoms with Crippen molar-refractivity contribution in [3.63, 3.8) is 0 Å². The van der Waals surface area contributed by atoms with E-state index in [-0.39, 0.29) is 12.1 Å². The Morgan fingerprint density at radius 2 is 1.44 bits per heavy atom. The highest BCUT2D eigenvalue weighted by Gasteiger charge is 2.56. The molecule has 0 radical (unpaired) electrons. The van der Waals surface area contributed by atoms with Gasteiger partial charge in [0.05, 0.1) is 44.9 Å². The predicted octanol–water partition coefficient (Wildman–Crippen LogP) is 9.83. The molecule has 4 aromatic carbocycles. The summed E-state index contributed by atoms with van der Waals surface area (Å²) >= 11 is 0. The molecule has 0 amide bonds. The summed E-state index contributed by atoms with van der Waals surface area (Å²) in [6, 6.07) is 34.1. The van der Waals surface area contributed by atoms with Crippen LogP contribution in [0.3, 0.4) is 0 Å². The monoisotopic (exact) mass is 744 g/mol. The lowest BCUT2D eigenvalue weighted by Gasteiger charge is -2.45. The van der Waals surface area contributed by atoms with Crippen LogP contribution in [0.5, 0.6) is 0 Å². The number of hydrogen-bond acceptors (Lipinski definition) is 4. The smallest absolute Gasteiger partial charge is 0.264 e. The molecule has 3 fully saturated rings. The second kappa shape index (κ2) is 15.5. The van der Waals surface area contributed by atoms with Crippen molar-refractivity contribution >= 4 is 56.2 Å². The van der Waals surface area contributed by atoms with E-state index in [1.165, 1.54) is 96.2 Å². The Hall–Kier alpha value is -2.12. The predicted molar refractivity (Wildman–Crippen MR) is 222 cm³/mol. The lowest BCUT2D eigenvalue weighted by Crippen LogP contribution is -2.35. The SMILES string of the molecule is Cc1cccc(P)c1-c1ccccc1[P+](Pc1ccccc1-c1ccccc1NC1CC1OS(C)(=O)=O)(C1CCCCC1)C1CCCC(C)C1. The van der Waals surface area contributed by atoms with Crippen LogP contribution in [0.1, 0.15) is 76.7 Å². The van der Waals surface area contributed by atoms with E-state index >= 15 is 0 Å². The number of nitrogens with one attached hydrogen (secondary N) is 1. The first kappa shape index (κ1) is 36.2. The Kier molecular flexibility index (Phi) is 11.2. The summed E-state index contributed by atoms with van der Waals surface area (Å²) < 4.78 is 29.0. The minimum atomic E-state index is -3.49. The molecule has 50 heavy (non-hydrogen) atoms. The lowest BCUT2D eigenvalue weighted by atomic mass is 9.90. The maximum absolute atomic E-state index is 11.8. The molecule has 0 aliphatic heterocycles. The van der Waals surface area contributed by atoms with E-state index in [4.69, 9.17) is 4.18 Å². The van der Waals surface area contributed by atoms with Crippen LogP contribution >= 0.6 is 24.5 Å². The maximum atomic E-state index is 11.8. The zero-order valence-electron chi connectivity index (χ0n) is 29.8. The fourth-order valence-electron chi connectivity index (χ4n) is 8.97. The molecule has 3 saturated carbocycles. The Labute approximate surface area is 305 Å². The zero-order chi connectivity index (χ0) is 34.9. The van der Waals surface area contributed by atoms with Gasteiger partial charge in [0.15, 0.2) is 0 Å². The van der Waals surface area contributed by atoms with E-state index in [1.54, 1.807) is 5.30 Å². The number of aryl methyl sites for hydroxylation is 1. The van der Waals surface area contributed by atoms with Crippen LogP contribution in [0.15, 0.2) is 91.0 Å². The molecule has 264 valence electrons. The summed E-state index contributed by atoms with van der Waals surface area (Å²) in [5.41, 5.74) is 9.21. The van der Waals surface area contributed by atoms with Gasteiger partial charge in [-0.15, -0.1) is 9.24 Å². The summed E-state index contributed by atoms with van der Waals surface area (Å²) in [6.45, 7) is 2.99. The van der Waals surface area contributed by atoms with Gasteiger partial charge in [-0.1, -0.05) is 98.6 Å². The molecule has 0 spiro atoms. The number of rotatable bonds is 11. The van der Waals surface area contributed by atoms with Crippen LogP contribution in [-0.2, 0) is 14.3 Å². The Bertz CT molecular complexity index is 1910. The summed E-state index contributed by atoms with van der Waals surface area (Å²) in [5, 5.41) is 8.11. The molecule has 0 aromatic heterocycles. The normalized spacial score (nSPS) is 24.2. The molecule has 4 nitrogen and oxygen atoms in total. The zero-order valence-corrected chi connectivity index (χ0v) is 33.6. The molecule has 7 atom stereocenters. The van der Waals surface area contributed by atoms with E-state index in [1.807, 2.05) is 0 Å². The quantitative estimate of drug-likeness (QED) is 0.123. The number of anilines is 1. The molecule has 1 N–H and O–H groups in total. The van der Waals surface area contributed by atoms with Crippen LogP contribution in [0.25, 0.3) is 22.3 Å². The molecular formula is C42H53NO3P3S+. The van der Waals surface area contributed by atoms with E-state index in [0.717, 1.165) is 31.8 Å². The van der Waals surface area contributed by atoms with Gasteiger partial charge >= 0.3 is 0 Å². The third kappa shape index (κ3) is 7.80. The molecule has 7 rings (SSSR count). The Balaban J connectivity index is 1.39. The third-order valence-corrected chi connectivity index (χ3v) is 22.7. The molecule has 0 saturated heterocycles. The molecular weight excluding hydrogens is 691 g/mol. The van der Waals surface area contributed by atoms with Gasteiger partial charge in [0.2, 0.25) is 0 Å². The largest absolute Gasteiger partial charge is 0.379 e. The molecule has 0 bridgehead atoms. The standard InChI is InChI=1S/C42H53NO3P3S/c1-29-15-13-19-32(27-29)49(31-17-5-4-6-18-31,41-26-12-9-22-35(41)42-30(2)16-14-24-39(42)47)48-40-25-11-8-21-34(40)33-20-7-10-23-36(33)43-37-28-38(37)46-50(3,44)45/h7-12,14,16,20-26,29,31-32,37-38,43,48H,4-6,13,15,17-19,27-28,47H2,1-3H3/q+1. The highest BCUT2D eigenvalue weighted by atomic mass is 32.2. The molecule has 4 aromatic rings. The Morgan fingerprint density at radius 3 is 2.18 bits per heavy atom. The average Bonchev–Trinajstić information content (AvgIpc) is 3.83. The first-order chi connectivity index (χ1) is 24.1. The highest BCUT2D eigenvalue weighted by Crippen LogP contribution is 2.83. The van der Waals surface area contributed by atoms with Crippen molar-refractivity contribution in [1.29, 1.82) is 0 Å². The van der Waals surface area contributed by atoms with Gasteiger partial charge in [-0.25, -0.2) is 0 Å². The summed E-state index contributed by atoms with van der Waals surface area (Å²) in [5.74, 6) is 0.755. The van der Waals surface area contributed by atoms with Crippen LogP contribution in [0.2, 0.25) is 0 Å². The van der Waals surface area contributed by atoms with Crippen molar-refractivity contribution < 1.29 is 12.6 Å². The van der Waals surface area contributed by atoms with Crippen molar-refractivity contribution in [1.82, 2.24) is 0 Å². The van der Waals surface area contributed by atoms with Gasteiger partial charge in [0.25, 0.3) is 10.1 Å². The molecule has 8 heteroatoms. The van der Waals surface area contributed by atoms with Gasteiger partial charge in [-0.2, -0.15) is 8.42 Å². The van der Waals surface area contributed by atoms with Crippen molar-refractivity contribution in [3.05, 3.63) is 96.6 Å². The molecule has 3 aliphatic rings. The highest BCUT2D eigenvalue weighted by molar-refractivity contribution is 8.38. The Morgan fingerprint density at radius 1 is 0.760 bits per heavy atom. The fraction of sp³-hybridized carbons (Fsp3) is 0.429. The fourth-order valence-corrected chi connectivity index (χ4v) is 21.6. The maximum Gasteiger partial charge on any atom is 0.264 e. The van der Waals surface area contributed by atoms with Crippen LogP contribution in [0, 0.1) is 12.8 Å². The van der Waals surface area contributed by atoms with Gasteiger partial charge in [0.1, 0.15) is 5.30 Å². The number of benzene rings is 4. The van der Waals surface area contributed by atoms with Crippen LogP contribution in [-0.4, -0.2) is 38.1 Å². The summed E-state index contributed by atoms with van der Waals surface area (Å²) in [7, 11) is 0.291. The van der Waals surface area contributed by atoms with E-state index < -0.39 is 17.1 Å². The van der Waals surface area contributed by atoms with Crippen molar-refractivity contribution in [3.8, 4) is 22.3 Å². The summed E-state index contributed by atoms with van der Waals surface area (Å²) in [6.07, 6.45) is 13.6. The second-order valence-electron chi connectivity index (χ2n) is 15.1. The van der Waals surface area contributed by atoms with Crippen molar-refractivity contribution in [2.24, 2.45) is 5.92 Å². The van der Waals surface area contributed by atoms with Crippen LogP contribution in [0.4, 0.5) is 5.69 Å². The minimum absolute atomic E-state index is 0.0138. The third-order valence-electron chi connectivity index (χ3n) is 11.3. The first-order valence-corrected chi connectivity index (χ1v) is 24.8. The topological polar surface area (TPSA) is 55.4 Å². The van der Waals surface area contributed by atoms with E-state index in [0.29, 0.717) is 12.1 Å². The molecule has 0 heterocycles. The van der Waals surface area contributed by atoms with E-state index in [9.17, 15) is 8.42 Å². The van der Waals surface area contributed by atoms with E-state index in [2.05, 4.69) is 119 Å². The summed E-state index contributed by atoms with van der Waals surface area (Å²) in [4.78, 5) is 0. The number of para-hydroxylation sites is 1. The minimum Gasteiger partial charge on any atom is -0.379 e. The van der Waals surface area contributed by atoms with Crippen molar-refractivity contribution in [2.75, 3.05) is 11.6 Å². The lowest BCUT2D eigenvalue weighted by molar-refractivity contribution is 0.305. The molecule has 7 unspecified atom stereocenters. The van der Waals surface area contributed by atoms with Crippen LogP contribution < -0.4 is 21.2 Å².